The molecule has 0 spiro atoms. The SMILES string of the molecule is CC1(CNc2ncnc3c2CCC3)CCC1. The van der Waals surface area contributed by atoms with E-state index in [1.54, 1.807) is 6.33 Å². The molecule has 0 bridgehead atoms. The van der Waals surface area contributed by atoms with Crippen LogP contribution in [-0.4, -0.2) is 16.5 Å². The first-order chi connectivity index (χ1) is 7.77. The Morgan fingerprint density at radius 2 is 2.12 bits per heavy atom. The van der Waals surface area contributed by atoms with Gasteiger partial charge in [-0.25, -0.2) is 9.97 Å². The Balaban J connectivity index is 1.72. The second-order valence-corrected chi connectivity index (χ2v) is 5.52. The lowest BCUT2D eigenvalue weighted by molar-refractivity contribution is 0.180. The van der Waals surface area contributed by atoms with Gasteiger partial charge in [-0.3, -0.25) is 0 Å². The van der Waals surface area contributed by atoms with Crippen molar-refractivity contribution in [2.24, 2.45) is 5.41 Å². The maximum atomic E-state index is 4.39. The summed E-state index contributed by atoms with van der Waals surface area (Å²) in [6.07, 6.45) is 9.31. The Bertz CT molecular complexity index is 396. The van der Waals surface area contributed by atoms with E-state index >= 15 is 0 Å². The molecule has 0 atom stereocenters. The van der Waals surface area contributed by atoms with Gasteiger partial charge in [0, 0.05) is 17.8 Å². The molecule has 1 aromatic rings. The summed E-state index contributed by atoms with van der Waals surface area (Å²) in [5.74, 6) is 1.09. The number of hydrogen-bond acceptors (Lipinski definition) is 3. The number of hydrogen-bond donors (Lipinski definition) is 1. The number of anilines is 1. The predicted octanol–water partition coefficient (Wildman–Crippen LogP) is 2.57. The molecule has 0 aliphatic heterocycles. The van der Waals surface area contributed by atoms with Crippen molar-refractivity contribution in [3.05, 3.63) is 17.6 Å². The third-order valence-corrected chi connectivity index (χ3v) is 4.12. The highest BCUT2D eigenvalue weighted by atomic mass is 15.0. The van der Waals surface area contributed by atoms with Crippen LogP contribution in [0.15, 0.2) is 6.33 Å². The zero-order chi connectivity index (χ0) is 11.0. The summed E-state index contributed by atoms with van der Waals surface area (Å²) in [5.41, 5.74) is 3.14. The van der Waals surface area contributed by atoms with E-state index in [1.807, 2.05) is 0 Å². The Hall–Kier alpha value is -1.12. The second kappa shape index (κ2) is 3.72. The monoisotopic (exact) mass is 217 g/mol. The summed E-state index contributed by atoms with van der Waals surface area (Å²) in [4.78, 5) is 8.74. The number of rotatable bonds is 3. The molecule has 1 fully saturated rings. The average Bonchev–Trinajstić information content (AvgIpc) is 2.72. The van der Waals surface area contributed by atoms with Crippen molar-refractivity contribution in [1.29, 1.82) is 0 Å². The first-order valence-corrected chi connectivity index (χ1v) is 6.33. The van der Waals surface area contributed by atoms with E-state index in [-0.39, 0.29) is 0 Å². The van der Waals surface area contributed by atoms with Gasteiger partial charge in [0.2, 0.25) is 0 Å². The van der Waals surface area contributed by atoms with E-state index in [4.69, 9.17) is 0 Å². The molecule has 2 aliphatic rings. The first kappa shape index (κ1) is 10.1. The fourth-order valence-electron chi connectivity index (χ4n) is 2.77. The molecule has 1 aromatic heterocycles. The van der Waals surface area contributed by atoms with E-state index in [0.717, 1.165) is 25.2 Å². The maximum absolute atomic E-state index is 4.39. The standard InChI is InChI=1S/C13H19N3/c1-13(6-3-7-13)8-14-12-10-4-2-5-11(10)15-9-16-12/h9H,2-8H2,1H3,(H,14,15,16). The second-order valence-electron chi connectivity index (χ2n) is 5.52. The van der Waals surface area contributed by atoms with Crippen LogP contribution in [0, 0.1) is 5.41 Å². The number of nitrogens with one attached hydrogen (secondary N) is 1. The van der Waals surface area contributed by atoms with Crippen molar-refractivity contribution >= 4 is 5.82 Å². The normalized spacial score (nSPS) is 21.3. The lowest BCUT2D eigenvalue weighted by atomic mass is 9.70. The van der Waals surface area contributed by atoms with Gasteiger partial charge in [-0.1, -0.05) is 13.3 Å². The van der Waals surface area contributed by atoms with Crippen molar-refractivity contribution in [2.75, 3.05) is 11.9 Å². The summed E-state index contributed by atoms with van der Waals surface area (Å²) < 4.78 is 0. The summed E-state index contributed by atoms with van der Waals surface area (Å²) in [6, 6.07) is 0. The Labute approximate surface area is 96.7 Å². The molecule has 1 saturated carbocycles. The zero-order valence-corrected chi connectivity index (χ0v) is 9.92. The number of fused-ring (bicyclic) bond motifs is 1. The molecule has 1 N–H and O–H groups in total. The zero-order valence-electron chi connectivity index (χ0n) is 9.92. The average molecular weight is 217 g/mol. The highest BCUT2D eigenvalue weighted by Gasteiger charge is 2.31. The third kappa shape index (κ3) is 1.68. The molecule has 0 aromatic carbocycles. The molecule has 86 valence electrons. The van der Waals surface area contributed by atoms with Crippen molar-refractivity contribution < 1.29 is 0 Å². The maximum Gasteiger partial charge on any atom is 0.132 e. The van der Waals surface area contributed by atoms with E-state index in [9.17, 15) is 0 Å². The molecule has 0 unspecified atom stereocenters. The topological polar surface area (TPSA) is 37.8 Å². The summed E-state index contributed by atoms with van der Waals surface area (Å²) in [7, 11) is 0. The van der Waals surface area contributed by atoms with Crippen LogP contribution < -0.4 is 5.32 Å². The number of aryl methyl sites for hydroxylation is 1. The highest BCUT2D eigenvalue weighted by molar-refractivity contribution is 5.48. The molecule has 0 radical (unpaired) electrons. The smallest absolute Gasteiger partial charge is 0.132 e. The largest absolute Gasteiger partial charge is 0.369 e. The van der Waals surface area contributed by atoms with Gasteiger partial charge in [-0.15, -0.1) is 0 Å². The Kier molecular flexibility index (Phi) is 2.34. The van der Waals surface area contributed by atoms with Crippen LogP contribution in [0.2, 0.25) is 0 Å². The molecule has 3 nitrogen and oxygen atoms in total. The highest BCUT2D eigenvalue weighted by Crippen LogP contribution is 2.40. The van der Waals surface area contributed by atoms with Crippen LogP contribution in [-0.2, 0) is 12.8 Å². The van der Waals surface area contributed by atoms with Crippen LogP contribution in [0.5, 0.6) is 0 Å². The minimum absolute atomic E-state index is 0.510. The molecule has 0 saturated heterocycles. The molecule has 3 rings (SSSR count). The molecule has 3 heteroatoms. The van der Waals surface area contributed by atoms with Crippen LogP contribution >= 0.6 is 0 Å². The van der Waals surface area contributed by atoms with Crippen molar-refractivity contribution in [3.63, 3.8) is 0 Å². The summed E-state index contributed by atoms with van der Waals surface area (Å²) in [5, 5.41) is 3.54. The van der Waals surface area contributed by atoms with Crippen LogP contribution in [0.25, 0.3) is 0 Å². The predicted molar refractivity (Wildman–Crippen MR) is 64.5 cm³/mol. The van der Waals surface area contributed by atoms with Gasteiger partial charge >= 0.3 is 0 Å². The first-order valence-electron chi connectivity index (χ1n) is 6.33. The van der Waals surface area contributed by atoms with Gasteiger partial charge in [0.05, 0.1) is 0 Å². The van der Waals surface area contributed by atoms with Gasteiger partial charge in [0.15, 0.2) is 0 Å². The molecule has 0 amide bonds. The number of nitrogens with zero attached hydrogens (tertiary/aromatic N) is 2. The lowest BCUT2D eigenvalue weighted by Crippen LogP contribution is -2.33. The van der Waals surface area contributed by atoms with E-state index in [0.29, 0.717) is 5.41 Å². The minimum atomic E-state index is 0.510. The van der Waals surface area contributed by atoms with Crippen molar-refractivity contribution in [3.8, 4) is 0 Å². The van der Waals surface area contributed by atoms with Gasteiger partial charge in [-0.05, 0) is 37.5 Å². The Morgan fingerprint density at radius 3 is 2.88 bits per heavy atom. The van der Waals surface area contributed by atoms with Crippen LogP contribution in [0.4, 0.5) is 5.82 Å². The van der Waals surface area contributed by atoms with Crippen molar-refractivity contribution in [1.82, 2.24) is 9.97 Å². The third-order valence-electron chi connectivity index (χ3n) is 4.12. The summed E-state index contributed by atoms with van der Waals surface area (Å²) in [6.45, 7) is 3.43. The minimum Gasteiger partial charge on any atom is -0.369 e. The van der Waals surface area contributed by atoms with Gasteiger partial charge in [0.1, 0.15) is 12.1 Å². The summed E-state index contributed by atoms with van der Waals surface area (Å²) >= 11 is 0. The van der Waals surface area contributed by atoms with Gasteiger partial charge in [0.25, 0.3) is 0 Å². The number of aromatic nitrogens is 2. The fraction of sp³-hybridized carbons (Fsp3) is 0.692. The molecule has 16 heavy (non-hydrogen) atoms. The fourth-order valence-corrected chi connectivity index (χ4v) is 2.77. The van der Waals surface area contributed by atoms with Gasteiger partial charge in [-0.2, -0.15) is 0 Å². The van der Waals surface area contributed by atoms with E-state index in [1.165, 1.54) is 36.9 Å². The van der Waals surface area contributed by atoms with Crippen LogP contribution in [0.1, 0.15) is 43.9 Å². The van der Waals surface area contributed by atoms with Crippen molar-refractivity contribution in [2.45, 2.75) is 45.4 Å². The van der Waals surface area contributed by atoms with Crippen LogP contribution in [0.3, 0.4) is 0 Å². The molecular formula is C13H19N3. The van der Waals surface area contributed by atoms with E-state index in [2.05, 4.69) is 22.2 Å². The lowest BCUT2D eigenvalue weighted by Gasteiger charge is -2.38. The molecule has 1 heterocycles. The molecule has 2 aliphatic carbocycles. The Morgan fingerprint density at radius 1 is 1.25 bits per heavy atom. The van der Waals surface area contributed by atoms with Gasteiger partial charge < -0.3 is 5.32 Å². The quantitative estimate of drug-likeness (QED) is 0.845. The van der Waals surface area contributed by atoms with E-state index < -0.39 is 0 Å². The molecular weight excluding hydrogens is 198 g/mol.